The van der Waals surface area contributed by atoms with E-state index < -0.39 is 0 Å². The van der Waals surface area contributed by atoms with Gasteiger partial charge in [-0.25, -0.2) is 0 Å². The number of hydrogen-bond donors (Lipinski definition) is 1. The van der Waals surface area contributed by atoms with Gasteiger partial charge in [-0.05, 0) is 19.1 Å². The summed E-state index contributed by atoms with van der Waals surface area (Å²) in [7, 11) is 7.24. The first-order valence-corrected chi connectivity index (χ1v) is 8.49. The van der Waals surface area contributed by atoms with E-state index in [1.165, 1.54) is 0 Å². The van der Waals surface area contributed by atoms with Crippen LogP contribution in [0.3, 0.4) is 0 Å². The monoisotopic (exact) mass is 347 g/mol. The van der Waals surface area contributed by atoms with E-state index in [9.17, 15) is 0 Å². The number of anilines is 2. The zero-order valence-corrected chi connectivity index (χ0v) is 17.1. The van der Waals surface area contributed by atoms with Gasteiger partial charge >= 0.3 is 0 Å². The molecule has 25 heavy (non-hydrogen) atoms. The Balaban J connectivity index is 0. The van der Waals surface area contributed by atoms with Crippen LogP contribution in [0.15, 0.2) is 40.6 Å². The second kappa shape index (κ2) is 16.3. The van der Waals surface area contributed by atoms with Gasteiger partial charge in [-0.15, -0.1) is 0 Å². The largest absolute Gasteiger partial charge is 0.357 e. The summed E-state index contributed by atoms with van der Waals surface area (Å²) in [5.41, 5.74) is 0.903. The van der Waals surface area contributed by atoms with Gasteiger partial charge in [0.25, 0.3) is 0 Å². The third-order valence-electron chi connectivity index (χ3n) is 2.33. The fourth-order valence-corrected chi connectivity index (χ4v) is 1.39. The summed E-state index contributed by atoms with van der Waals surface area (Å²) < 4.78 is 0. The van der Waals surface area contributed by atoms with E-state index in [1.54, 1.807) is 14.1 Å². The number of aryl methyl sites for hydroxylation is 1. The third-order valence-corrected chi connectivity index (χ3v) is 2.33. The maximum atomic E-state index is 4.14. The van der Waals surface area contributed by atoms with Gasteiger partial charge in [-0.3, -0.25) is 0 Å². The van der Waals surface area contributed by atoms with Crippen molar-refractivity contribution in [3.8, 4) is 0 Å². The summed E-state index contributed by atoms with van der Waals surface area (Å²) in [5.74, 6) is 2.00. The maximum Gasteiger partial charge on any atom is 0.229 e. The number of nitrogens with one attached hydrogen (secondary N) is 1. The fourth-order valence-electron chi connectivity index (χ4n) is 1.39. The molecule has 0 unspecified atom stereocenters. The Hall–Kier alpha value is -2.57. The fraction of sp³-hybridized carbons (Fsp3) is 0.500. The van der Waals surface area contributed by atoms with Gasteiger partial charge < -0.3 is 10.2 Å². The molecule has 0 saturated carbocycles. The van der Waals surface area contributed by atoms with Gasteiger partial charge in [-0.1, -0.05) is 45.9 Å². The average molecular weight is 348 g/mol. The van der Waals surface area contributed by atoms with Crippen LogP contribution >= 0.6 is 0 Å². The van der Waals surface area contributed by atoms with Crippen LogP contribution in [0, 0.1) is 6.92 Å². The molecule has 2 aromatic rings. The van der Waals surface area contributed by atoms with Crippen LogP contribution in [0.5, 0.6) is 0 Å². The van der Waals surface area contributed by atoms with Crippen molar-refractivity contribution in [2.45, 2.75) is 34.6 Å². The van der Waals surface area contributed by atoms with Crippen LogP contribution in [-0.4, -0.2) is 43.1 Å². The predicted octanol–water partition coefficient (Wildman–Crippen LogP) is 4.74. The minimum atomic E-state index is 0.603. The SMILES string of the molecule is CC.CC.CN=Nc1ccccc1.CNc1nc(C)nc(N(C)C)n1. The lowest BCUT2D eigenvalue weighted by Gasteiger charge is -2.10. The Morgan fingerprint density at radius 2 is 1.48 bits per heavy atom. The Morgan fingerprint density at radius 3 is 1.92 bits per heavy atom. The van der Waals surface area contributed by atoms with Crippen LogP contribution in [0.25, 0.3) is 0 Å². The van der Waals surface area contributed by atoms with Crippen molar-refractivity contribution in [1.29, 1.82) is 0 Å². The highest BCUT2D eigenvalue weighted by atomic mass is 15.3. The van der Waals surface area contributed by atoms with Crippen LogP contribution in [0.1, 0.15) is 33.5 Å². The van der Waals surface area contributed by atoms with Crippen LogP contribution in [-0.2, 0) is 0 Å². The molecule has 1 N–H and O–H groups in total. The van der Waals surface area contributed by atoms with Crippen LogP contribution < -0.4 is 10.2 Å². The maximum absolute atomic E-state index is 4.14. The van der Waals surface area contributed by atoms with Crippen molar-refractivity contribution < 1.29 is 0 Å². The van der Waals surface area contributed by atoms with E-state index in [4.69, 9.17) is 0 Å². The normalized spacial score (nSPS) is 8.84. The second-order valence-corrected chi connectivity index (χ2v) is 4.29. The van der Waals surface area contributed by atoms with E-state index >= 15 is 0 Å². The first kappa shape index (κ1) is 24.7. The van der Waals surface area contributed by atoms with Crippen LogP contribution in [0.2, 0.25) is 0 Å². The first-order valence-electron chi connectivity index (χ1n) is 8.49. The summed E-state index contributed by atoms with van der Waals surface area (Å²) in [6.45, 7) is 9.84. The molecular weight excluding hydrogens is 314 g/mol. The summed E-state index contributed by atoms with van der Waals surface area (Å²) in [4.78, 5) is 14.2. The molecular formula is C18H33N7. The molecule has 2 rings (SSSR count). The molecule has 0 aliphatic heterocycles. The van der Waals surface area contributed by atoms with E-state index in [1.807, 2.05) is 83.9 Å². The molecule has 1 aromatic heterocycles. The number of nitrogens with zero attached hydrogens (tertiary/aromatic N) is 6. The third kappa shape index (κ3) is 11.6. The topological polar surface area (TPSA) is 78.7 Å². The van der Waals surface area contributed by atoms with Gasteiger partial charge in [-0.2, -0.15) is 25.2 Å². The number of hydrogen-bond acceptors (Lipinski definition) is 7. The van der Waals surface area contributed by atoms with Gasteiger partial charge in [0.1, 0.15) is 5.82 Å². The zero-order valence-electron chi connectivity index (χ0n) is 17.1. The molecule has 140 valence electrons. The van der Waals surface area contributed by atoms with Crippen molar-refractivity contribution in [1.82, 2.24) is 15.0 Å². The Bertz CT molecular complexity index is 569. The van der Waals surface area contributed by atoms with Crippen molar-refractivity contribution in [2.24, 2.45) is 10.2 Å². The molecule has 0 atom stereocenters. The van der Waals surface area contributed by atoms with E-state index in [0.717, 1.165) is 11.5 Å². The number of azo groups is 1. The summed E-state index contributed by atoms with van der Waals surface area (Å²) in [5, 5.41) is 10.3. The molecule has 0 aliphatic rings. The second-order valence-electron chi connectivity index (χ2n) is 4.29. The minimum absolute atomic E-state index is 0.603. The predicted molar refractivity (Wildman–Crippen MR) is 108 cm³/mol. The highest BCUT2D eigenvalue weighted by Crippen LogP contribution is 2.08. The van der Waals surface area contributed by atoms with E-state index in [0.29, 0.717) is 11.9 Å². The lowest BCUT2D eigenvalue weighted by Crippen LogP contribution is -2.15. The first-order chi connectivity index (χ1) is 12.1. The molecule has 0 spiro atoms. The van der Waals surface area contributed by atoms with Crippen molar-refractivity contribution >= 4 is 17.6 Å². The summed E-state index contributed by atoms with van der Waals surface area (Å²) >= 11 is 0. The Labute approximate surface area is 152 Å². The Morgan fingerprint density at radius 1 is 0.920 bits per heavy atom. The molecule has 0 radical (unpaired) electrons. The van der Waals surface area contributed by atoms with Crippen LogP contribution in [0.4, 0.5) is 17.6 Å². The highest BCUT2D eigenvalue weighted by molar-refractivity contribution is 5.35. The lowest BCUT2D eigenvalue weighted by molar-refractivity contribution is 0.920. The molecule has 1 aromatic carbocycles. The molecule has 0 bridgehead atoms. The standard InChI is InChI=1S/C7H13N5.C7H8N2.2C2H6/c1-5-9-6(8-2)11-7(10-5)12(3)4;1-8-9-7-5-3-2-4-6-7;2*1-2/h1-4H3,(H,8,9,10,11);2-6H,1H3;2*1-2H3. The zero-order chi connectivity index (χ0) is 19.7. The Kier molecular flexibility index (Phi) is 16.1. The number of rotatable bonds is 3. The van der Waals surface area contributed by atoms with Gasteiger partial charge in [0.15, 0.2) is 0 Å². The van der Waals surface area contributed by atoms with E-state index in [-0.39, 0.29) is 0 Å². The van der Waals surface area contributed by atoms with Gasteiger partial charge in [0, 0.05) is 28.2 Å². The average Bonchev–Trinajstić information content (AvgIpc) is 2.66. The van der Waals surface area contributed by atoms with Crippen molar-refractivity contribution in [3.05, 3.63) is 36.2 Å². The molecule has 1 heterocycles. The summed E-state index contributed by atoms with van der Waals surface area (Å²) in [6, 6.07) is 9.64. The van der Waals surface area contributed by atoms with Gasteiger partial charge in [0.2, 0.25) is 11.9 Å². The quantitative estimate of drug-likeness (QED) is 0.811. The highest BCUT2D eigenvalue weighted by Gasteiger charge is 2.02. The molecule has 0 amide bonds. The molecule has 7 nitrogen and oxygen atoms in total. The van der Waals surface area contributed by atoms with Gasteiger partial charge in [0.05, 0.1) is 5.69 Å². The number of benzene rings is 1. The summed E-state index contributed by atoms with van der Waals surface area (Å²) in [6.07, 6.45) is 0. The molecule has 7 heteroatoms. The molecule has 0 saturated heterocycles. The lowest BCUT2D eigenvalue weighted by atomic mass is 10.3. The van der Waals surface area contributed by atoms with E-state index in [2.05, 4.69) is 30.5 Å². The molecule has 0 fully saturated rings. The number of aromatic nitrogens is 3. The van der Waals surface area contributed by atoms with Crippen molar-refractivity contribution in [2.75, 3.05) is 38.4 Å². The van der Waals surface area contributed by atoms with Crippen molar-refractivity contribution in [3.63, 3.8) is 0 Å². The molecule has 0 aliphatic carbocycles. The smallest absolute Gasteiger partial charge is 0.229 e. The minimum Gasteiger partial charge on any atom is -0.357 e.